The lowest BCUT2D eigenvalue weighted by Gasteiger charge is -2.07. The third kappa shape index (κ3) is 1.93. The molecule has 0 amide bonds. The number of hydrogen-bond donors (Lipinski definition) is 1. The molecule has 2 aromatic carbocycles. The van der Waals surface area contributed by atoms with Crippen LogP contribution in [0.1, 0.15) is 0 Å². The highest BCUT2D eigenvalue weighted by Gasteiger charge is 2.13. The minimum Gasteiger partial charge on any atom is -0.507 e. The largest absolute Gasteiger partial charge is 0.507 e. The van der Waals surface area contributed by atoms with Crippen molar-refractivity contribution in [3.63, 3.8) is 0 Å². The summed E-state index contributed by atoms with van der Waals surface area (Å²) in [6.45, 7) is 0. The molecule has 2 rings (SSSR count). The predicted octanol–water partition coefficient (Wildman–Crippen LogP) is 4.61. The van der Waals surface area contributed by atoms with Crippen LogP contribution in [-0.2, 0) is 0 Å². The number of benzene rings is 2. The van der Waals surface area contributed by atoms with Gasteiger partial charge in [0.05, 0.1) is 5.02 Å². The van der Waals surface area contributed by atoms with Gasteiger partial charge < -0.3 is 5.11 Å². The summed E-state index contributed by atoms with van der Waals surface area (Å²) in [5.41, 5.74) is 0.709. The summed E-state index contributed by atoms with van der Waals surface area (Å²) < 4.78 is 14.3. The van der Waals surface area contributed by atoms with Gasteiger partial charge in [0.2, 0.25) is 0 Å². The van der Waals surface area contributed by atoms with E-state index in [-0.39, 0.29) is 16.3 Å². The number of halogens is 3. The normalized spacial score (nSPS) is 10.4. The van der Waals surface area contributed by atoms with Crippen LogP contribution >= 0.6 is 27.5 Å². The summed E-state index contributed by atoms with van der Waals surface area (Å²) in [7, 11) is 0. The maximum absolute atomic E-state index is 13.9. The molecular weight excluding hydrogens is 294 g/mol. The fraction of sp³-hybridized carbons (Fsp3) is 0. The molecule has 0 aliphatic rings. The number of para-hydroxylation sites is 1. The molecule has 0 atom stereocenters. The molecule has 0 radical (unpaired) electrons. The fourth-order valence-electron chi connectivity index (χ4n) is 1.44. The van der Waals surface area contributed by atoms with Gasteiger partial charge in [-0.3, -0.25) is 0 Å². The van der Waals surface area contributed by atoms with Crippen LogP contribution in [0.15, 0.2) is 40.9 Å². The van der Waals surface area contributed by atoms with Crippen molar-refractivity contribution in [3.05, 3.63) is 51.7 Å². The fourth-order valence-corrected chi connectivity index (χ4v) is 1.91. The Morgan fingerprint density at radius 3 is 2.44 bits per heavy atom. The topological polar surface area (TPSA) is 20.2 Å². The average Bonchev–Trinajstić information content (AvgIpc) is 2.28. The Bertz CT molecular complexity index is 543. The van der Waals surface area contributed by atoms with Crippen LogP contribution in [0.25, 0.3) is 11.1 Å². The van der Waals surface area contributed by atoms with Gasteiger partial charge in [0.1, 0.15) is 5.75 Å². The molecule has 0 saturated heterocycles. The molecule has 2 aromatic rings. The second kappa shape index (κ2) is 4.44. The lowest BCUT2D eigenvalue weighted by atomic mass is 10.0. The Kier molecular flexibility index (Phi) is 3.17. The van der Waals surface area contributed by atoms with E-state index in [9.17, 15) is 9.50 Å². The monoisotopic (exact) mass is 300 g/mol. The first kappa shape index (κ1) is 11.4. The number of hydrogen-bond acceptors (Lipinski definition) is 1. The second-order valence-electron chi connectivity index (χ2n) is 3.24. The van der Waals surface area contributed by atoms with Crippen molar-refractivity contribution in [3.8, 4) is 16.9 Å². The summed E-state index contributed by atoms with van der Waals surface area (Å²) in [5, 5.41) is 9.64. The van der Waals surface area contributed by atoms with E-state index < -0.39 is 5.82 Å². The van der Waals surface area contributed by atoms with Crippen LogP contribution in [0.2, 0.25) is 5.02 Å². The van der Waals surface area contributed by atoms with Gasteiger partial charge in [0.15, 0.2) is 5.82 Å². The molecule has 0 spiro atoms. The summed E-state index contributed by atoms with van der Waals surface area (Å²) >= 11 is 8.92. The summed E-state index contributed by atoms with van der Waals surface area (Å²) in [4.78, 5) is 0. The molecule has 1 N–H and O–H groups in total. The molecule has 4 heteroatoms. The molecular formula is C12H7BrClFO. The zero-order valence-corrected chi connectivity index (χ0v) is 10.4. The molecule has 0 heterocycles. The Morgan fingerprint density at radius 1 is 1.06 bits per heavy atom. The SMILES string of the molecule is Oc1ccccc1-c1ccc(Br)c(Cl)c1F. The molecule has 82 valence electrons. The smallest absolute Gasteiger partial charge is 0.150 e. The van der Waals surface area contributed by atoms with Crippen molar-refractivity contribution < 1.29 is 9.50 Å². The highest BCUT2D eigenvalue weighted by atomic mass is 79.9. The van der Waals surface area contributed by atoms with Crippen LogP contribution in [-0.4, -0.2) is 5.11 Å². The van der Waals surface area contributed by atoms with Crippen molar-refractivity contribution in [1.29, 1.82) is 0 Å². The van der Waals surface area contributed by atoms with Crippen molar-refractivity contribution in [2.75, 3.05) is 0 Å². The van der Waals surface area contributed by atoms with E-state index in [0.717, 1.165) is 0 Å². The minimum absolute atomic E-state index is 0.0146. The van der Waals surface area contributed by atoms with Gasteiger partial charge >= 0.3 is 0 Å². The lowest BCUT2D eigenvalue weighted by molar-refractivity contribution is 0.476. The van der Waals surface area contributed by atoms with Crippen molar-refractivity contribution in [1.82, 2.24) is 0 Å². The summed E-state index contributed by atoms with van der Waals surface area (Å²) in [5.74, 6) is -0.516. The van der Waals surface area contributed by atoms with Gasteiger partial charge in [-0.2, -0.15) is 0 Å². The molecule has 0 fully saturated rings. The Balaban J connectivity index is 2.66. The van der Waals surface area contributed by atoms with Crippen LogP contribution in [0.4, 0.5) is 4.39 Å². The molecule has 0 bridgehead atoms. The van der Waals surface area contributed by atoms with Gasteiger partial charge in [-0.15, -0.1) is 0 Å². The second-order valence-corrected chi connectivity index (χ2v) is 4.47. The molecule has 0 unspecified atom stereocenters. The molecule has 1 nitrogen and oxygen atoms in total. The van der Waals surface area contributed by atoms with Gasteiger partial charge in [-0.25, -0.2) is 4.39 Å². The standard InChI is InChI=1S/C12H7BrClFO/c13-9-6-5-8(12(15)11(9)14)7-3-1-2-4-10(7)16/h1-6,16H. The van der Waals surface area contributed by atoms with E-state index in [1.165, 1.54) is 6.07 Å². The van der Waals surface area contributed by atoms with Crippen LogP contribution < -0.4 is 0 Å². The predicted molar refractivity (Wildman–Crippen MR) is 66.2 cm³/mol. The molecule has 0 aliphatic heterocycles. The summed E-state index contributed by atoms with van der Waals surface area (Å²) in [6.07, 6.45) is 0. The van der Waals surface area contributed by atoms with Crippen LogP contribution in [0, 0.1) is 5.82 Å². The van der Waals surface area contributed by atoms with E-state index in [1.54, 1.807) is 30.3 Å². The van der Waals surface area contributed by atoms with E-state index in [0.29, 0.717) is 10.0 Å². The highest BCUT2D eigenvalue weighted by Crippen LogP contribution is 2.36. The van der Waals surface area contributed by atoms with Crippen molar-refractivity contribution >= 4 is 27.5 Å². The van der Waals surface area contributed by atoms with E-state index >= 15 is 0 Å². The van der Waals surface area contributed by atoms with Gasteiger partial charge in [0, 0.05) is 15.6 Å². The molecule has 0 aliphatic carbocycles. The lowest BCUT2D eigenvalue weighted by Crippen LogP contribution is -1.87. The molecule has 0 saturated carbocycles. The Labute approximate surface area is 106 Å². The zero-order valence-electron chi connectivity index (χ0n) is 8.05. The maximum atomic E-state index is 13.9. The Hall–Kier alpha value is -1.06. The third-order valence-corrected chi connectivity index (χ3v) is 3.49. The van der Waals surface area contributed by atoms with Crippen molar-refractivity contribution in [2.45, 2.75) is 0 Å². The molecule has 0 aromatic heterocycles. The van der Waals surface area contributed by atoms with E-state index in [1.807, 2.05) is 0 Å². The van der Waals surface area contributed by atoms with Crippen molar-refractivity contribution in [2.24, 2.45) is 0 Å². The Morgan fingerprint density at radius 2 is 1.75 bits per heavy atom. The highest BCUT2D eigenvalue weighted by molar-refractivity contribution is 9.10. The number of phenolic OH excluding ortho intramolecular Hbond substituents is 1. The number of rotatable bonds is 1. The zero-order chi connectivity index (χ0) is 11.7. The van der Waals surface area contributed by atoms with Crippen LogP contribution in [0.3, 0.4) is 0 Å². The summed E-state index contributed by atoms with van der Waals surface area (Å²) in [6, 6.07) is 9.76. The van der Waals surface area contributed by atoms with Gasteiger partial charge in [-0.05, 0) is 28.1 Å². The van der Waals surface area contributed by atoms with E-state index in [2.05, 4.69) is 15.9 Å². The van der Waals surface area contributed by atoms with Crippen LogP contribution in [0.5, 0.6) is 5.75 Å². The first-order valence-electron chi connectivity index (χ1n) is 4.53. The third-order valence-electron chi connectivity index (χ3n) is 2.23. The van der Waals surface area contributed by atoms with Gasteiger partial charge in [0.25, 0.3) is 0 Å². The first-order valence-corrected chi connectivity index (χ1v) is 5.70. The number of phenols is 1. The quantitative estimate of drug-likeness (QED) is 0.762. The number of aromatic hydroxyl groups is 1. The maximum Gasteiger partial charge on any atom is 0.150 e. The molecule has 16 heavy (non-hydrogen) atoms. The van der Waals surface area contributed by atoms with Gasteiger partial charge in [-0.1, -0.05) is 35.9 Å². The minimum atomic E-state index is -0.544. The average molecular weight is 302 g/mol. The van der Waals surface area contributed by atoms with E-state index in [4.69, 9.17) is 11.6 Å². The first-order chi connectivity index (χ1) is 7.61.